The van der Waals surface area contributed by atoms with Crippen LogP contribution in [0.25, 0.3) is 11.0 Å². The van der Waals surface area contributed by atoms with E-state index < -0.39 is 11.6 Å². The maximum absolute atomic E-state index is 13.2. The summed E-state index contributed by atoms with van der Waals surface area (Å²) in [7, 11) is 1.78. The Labute approximate surface area is 144 Å². The van der Waals surface area contributed by atoms with Crippen molar-refractivity contribution in [2.75, 3.05) is 18.9 Å². The molecule has 1 unspecified atom stereocenters. The minimum atomic E-state index is -0.737. The zero-order chi connectivity index (χ0) is 18.0. The number of furan rings is 1. The molecule has 2 aromatic carbocycles. The first-order chi connectivity index (χ1) is 11.9. The molecule has 0 aliphatic rings. The van der Waals surface area contributed by atoms with Gasteiger partial charge in [-0.15, -0.1) is 0 Å². The van der Waals surface area contributed by atoms with Crippen LogP contribution in [0, 0.1) is 11.6 Å². The van der Waals surface area contributed by atoms with Gasteiger partial charge >= 0.3 is 0 Å². The van der Waals surface area contributed by atoms with Crippen LogP contribution in [0.4, 0.5) is 14.5 Å². The number of amides is 1. The summed E-state index contributed by atoms with van der Waals surface area (Å²) in [5, 5.41) is 3.49. The van der Waals surface area contributed by atoms with Crippen LogP contribution in [-0.2, 0) is 4.79 Å². The van der Waals surface area contributed by atoms with E-state index in [-0.39, 0.29) is 24.2 Å². The molecule has 6 heteroatoms. The van der Waals surface area contributed by atoms with E-state index in [0.29, 0.717) is 0 Å². The largest absolute Gasteiger partial charge is 0.459 e. The van der Waals surface area contributed by atoms with Crippen LogP contribution in [0.5, 0.6) is 0 Å². The molecule has 0 aliphatic carbocycles. The third kappa shape index (κ3) is 4.03. The lowest BCUT2D eigenvalue weighted by atomic mass is 10.2. The zero-order valence-corrected chi connectivity index (χ0v) is 13.9. The second kappa shape index (κ2) is 7.03. The topological polar surface area (TPSA) is 45.5 Å². The van der Waals surface area contributed by atoms with Crippen molar-refractivity contribution in [2.45, 2.75) is 13.0 Å². The molecule has 4 nitrogen and oxygen atoms in total. The van der Waals surface area contributed by atoms with E-state index in [1.807, 2.05) is 37.3 Å². The van der Waals surface area contributed by atoms with Gasteiger partial charge in [0, 0.05) is 17.1 Å². The summed E-state index contributed by atoms with van der Waals surface area (Å²) < 4.78 is 32.2. The number of hydrogen-bond acceptors (Lipinski definition) is 3. The van der Waals surface area contributed by atoms with Gasteiger partial charge in [0.05, 0.1) is 12.6 Å². The van der Waals surface area contributed by atoms with Gasteiger partial charge in [-0.25, -0.2) is 8.78 Å². The van der Waals surface area contributed by atoms with E-state index >= 15 is 0 Å². The molecule has 0 radical (unpaired) electrons. The average molecular weight is 344 g/mol. The van der Waals surface area contributed by atoms with E-state index in [9.17, 15) is 13.6 Å². The van der Waals surface area contributed by atoms with Gasteiger partial charge in [-0.2, -0.15) is 0 Å². The zero-order valence-electron chi connectivity index (χ0n) is 13.9. The van der Waals surface area contributed by atoms with Crippen LogP contribution in [0.15, 0.2) is 52.9 Å². The summed E-state index contributed by atoms with van der Waals surface area (Å²) in [5.74, 6) is -1.10. The van der Waals surface area contributed by atoms with Crippen LogP contribution < -0.4 is 5.32 Å². The Bertz CT molecular complexity index is 854. The Morgan fingerprint density at radius 2 is 1.84 bits per heavy atom. The van der Waals surface area contributed by atoms with Gasteiger partial charge in [0.25, 0.3) is 0 Å². The van der Waals surface area contributed by atoms with Crippen molar-refractivity contribution in [3.8, 4) is 0 Å². The molecule has 1 amide bonds. The number of halogens is 2. The molecule has 0 saturated carbocycles. The summed E-state index contributed by atoms with van der Waals surface area (Å²) >= 11 is 0. The predicted octanol–water partition coefficient (Wildman–Crippen LogP) is 4.34. The van der Waals surface area contributed by atoms with Crippen molar-refractivity contribution in [1.82, 2.24) is 4.90 Å². The second-order valence-electron chi connectivity index (χ2n) is 5.98. The number of fused-ring (bicyclic) bond motifs is 1. The standard InChI is InChI=1S/C19H18F2N2O2/c1-12(18-7-13-5-3-4-6-17(13)25-18)23(2)11-19(24)22-16-9-14(20)8-15(21)10-16/h3-10,12H,11H2,1-2H3,(H,22,24). The lowest BCUT2D eigenvalue weighted by Crippen LogP contribution is -2.32. The van der Waals surface area contributed by atoms with Crippen molar-refractivity contribution >= 4 is 22.6 Å². The van der Waals surface area contributed by atoms with Gasteiger partial charge in [-0.1, -0.05) is 18.2 Å². The Morgan fingerprint density at radius 1 is 1.16 bits per heavy atom. The summed E-state index contributed by atoms with van der Waals surface area (Å²) in [4.78, 5) is 13.9. The number of para-hydroxylation sites is 1. The first-order valence-electron chi connectivity index (χ1n) is 7.87. The van der Waals surface area contributed by atoms with Crippen LogP contribution in [0.1, 0.15) is 18.7 Å². The molecule has 0 aliphatic heterocycles. The van der Waals surface area contributed by atoms with Crippen LogP contribution in [-0.4, -0.2) is 24.4 Å². The van der Waals surface area contributed by atoms with Crippen LogP contribution in [0.2, 0.25) is 0 Å². The third-order valence-electron chi connectivity index (χ3n) is 4.06. The number of anilines is 1. The molecular formula is C19H18F2N2O2. The van der Waals surface area contributed by atoms with Gasteiger partial charge in [0.2, 0.25) is 5.91 Å². The molecule has 0 bridgehead atoms. The summed E-state index contributed by atoms with van der Waals surface area (Å²) in [6, 6.07) is 12.4. The molecule has 0 spiro atoms. The van der Waals surface area contributed by atoms with Crippen molar-refractivity contribution in [1.29, 1.82) is 0 Å². The van der Waals surface area contributed by atoms with Crippen LogP contribution >= 0.6 is 0 Å². The highest BCUT2D eigenvalue weighted by molar-refractivity contribution is 5.92. The third-order valence-corrected chi connectivity index (χ3v) is 4.06. The fraction of sp³-hybridized carbons (Fsp3) is 0.211. The quantitative estimate of drug-likeness (QED) is 0.749. The van der Waals surface area contributed by atoms with Gasteiger partial charge in [-0.3, -0.25) is 9.69 Å². The number of carbonyl (C=O) groups is 1. The van der Waals surface area contributed by atoms with E-state index in [1.165, 1.54) is 0 Å². The molecule has 1 aromatic heterocycles. The highest BCUT2D eigenvalue weighted by Crippen LogP contribution is 2.26. The Balaban J connectivity index is 1.66. The maximum Gasteiger partial charge on any atom is 0.238 e. The smallest absolute Gasteiger partial charge is 0.238 e. The summed E-state index contributed by atoms with van der Waals surface area (Å²) in [5.41, 5.74) is 0.879. The van der Waals surface area contributed by atoms with Gasteiger partial charge in [0.1, 0.15) is 23.0 Å². The van der Waals surface area contributed by atoms with Crippen molar-refractivity contribution in [3.63, 3.8) is 0 Å². The number of nitrogens with one attached hydrogen (secondary N) is 1. The molecule has 3 rings (SSSR count). The average Bonchev–Trinajstić information content (AvgIpc) is 2.96. The molecule has 130 valence electrons. The van der Waals surface area contributed by atoms with E-state index in [0.717, 1.165) is 34.9 Å². The van der Waals surface area contributed by atoms with Gasteiger partial charge in [0.15, 0.2) is 0 Å². The highest BCUT2D eigenvalue weighted by atomic mass is 19.1. The SMILES string of the molecule is CC(c1cc2ccccc2o1)N(C)CC(=O)Nc1cc(F)cc(F)c1. The monoisotopic (exact) mass is 344 g/mol. The lowest BCUT2D eigenvalue weighted by Gasteiger charge is -2.22. The lowest BCUT2D eigenvalue weighted by molar-refractivity contribution is -0.117. The Morgan fingerprint density at radius 3 is 2.52 bits per heavy atom. The molecule has 1 N–H and O–H groups in total. The van der Waals surface area contributed by atoms with E-state index in [1.54, 1.807) is 11.9 Å². The summed E-state index contributed by atoms with van der Waals surface area (Å²) in [6.07, 6.45) is 0. The molecule has 1 atom stereocenters. The van der Waals surface area contributed by atoms with E-state index in [2.05, 4.69) is 5.32 Å². The molecule has 0 saturated heterocycles. The fourth-order valence-corrected chi connectivity index (χ4v) is 2.62. The Hall–Kier alpha value is -2.73. The minimum Gasteiger partial charge on any atom is -0.459 e. The van der Waals surface area contributed by atoms with E-state index in [4.69, 9.17) is 4.42 Å². The van der Waals surface area contributed by atoms with Gasteiger partial charge in [-0.05, 0) is 38.2 Å². The first-order valence-corrected chi connectivity index (χ1v) is 7.87. The molecule has 3 aromatic rings. The normalized spacial score (nSPS) is 12.5. The number of carbonyl (C=O) groups excluding carboxylic acids is 1. The predicted molar refractivity (Wildman–Crippen MR) is 92.2 cm³/mol. The summed E-state index contributed by atoms with van der Waals surface area (Å²) in [6.45, 7) is 1.98. The number of rotatable bonds is 5. The Kier molecular flexibility index (Phi) is 4.81. The minimum absolute atomic E-state index is 0.0519. The number of benzene rings is 2. The van der Waals surface area contributed by atoms with Crippen LogP contribution in [0.3, 0.4) is 0 Å². The van der Waals surface area contributed by atoms with Crippen molar-refractivity contribution in [3.05, 3.63) is 65.9 Å². The van der Waals surface area contributed by atoms with Crippen molar-refractivity contribution in [2.24, 2.45) is 0 Å². The molecule has 1 heterocycles. The maximum atomic E-state index is 13.2. The number of nitrogens with zero attached hydrogens (tertiary/aromatic N) is 1. The molecular weight excluding hydrogens is 326 g/mol. The number of hydrogen-bond donors (Lipinski definition) is 1. The highest BCUT2D eigenvalue weighted by Gasteiger charge is 2.18. The van der Waals surface area contributed by atoms with Gasteiger partial charge < -0.3 is 9.73 Å². The van der Waals surface area contributed by atoms with Crippen molar-refractivity contribution < 1.29 is 18.0 Å². The first kappa shape index (κ1) is 17.1. The number of likely N-dealkylation sites (N-methyl/N-ethyl adjacent to an activating group) is 1. The second-order valence-corrected chi connectivity index (χ2v) is 5.98. The molecule has 0 fully saturated rings. The molecule has 25 heavy (non-hydrogen) atoms. The fourth-order valence-electron chi connectivity index (χ4n) is 2.62.